The summed E-state index contributed by atoms with van der Waals surface area (Å²) in [6, 6.07) is 11.9. The third-order valence-corrected chi connectivity index (χ3v) is 5.23. The van der Waals surface area contributed by atoms with Gasteiger partial charge in [0, 0.05) is 19.2 Å². The van der Waals surface area contributed by atoms with E-state index in [9.17, 15) is 4.79 Å². The summed E-state index contributed by atoms with van der Waals surface area (Å²) in [5.74, 6) is 1.34. The molecule has 0 saturated carbocycles. The summed E-state index contributed by atoms with van der Waals surface area (Å²) in [7, 11) is 1.91. The van der Waals surface area contributed by atoms with E-state index in [0.29, 0.717) is 24.4 Å². The summed E-state index contributed by atoms with van der Waals surface area (Å²) in [5.41, 5.74) is 3.11. The van der Waals surface area contributed by atoms with Crippen LogP contribution in [0.25, 0.3) is 10.2 Å². The molecule has 6 heteroatoms. The van der Waals surface area contributed by atoms with Gasteiger partial charge < -0.3 is 14.0 Å². The maximum absolute atomic E-state index is 12.4. The summed E-state index contributed by atoms with van der Waals surface area (Å²) >= 11 is 1.48. The average Bonchev–Trinajstić information content (AvgIpc) is 2.88. The summed E-state index contributed by atoms with van der Waals surface area (Å²) in [4.78, 5) is 17.3. The SMILES string of the molecule is Cc1cccc(CC(=O)N=c2sc3cc4c(cc3n2C)OCCO4)c1. The number of amides is 1. The highest BCUT2D eigenvalue weighted by Gasteiger charge is 2.15. The Morgan fingerprint density at radius 2 is 1.96 bits per heavy atom. The molecule has 0 aliphatic carbocycles. The second kappa shape index (κ2) is 6.37. The molecule has 0 bridgehead atoms. The van der Waals surface area contributed by atoms with Crippen molar-refractivity contribution in [1.82, 2.24) is 4.57 Å². The number of aryl methyl sites for hydroxylation is 2. The minimum absolute atomic E-state index is 0.148. The zero-order chi connectivity index (χ0) is 17.4. The lowest BCUT2D eigenvalue weighted by Crippen LogP contribution is -2.16. The molecule has 1 amide bonds. The van der Waals surface area contributed by atoms with Gasteiger partial charge >= 0.3 is 0 Å². The first kappa shape index (κ1) is 15.9. The number of carbonyl (C=O) groups is 1. The van der Waals surface area contributed by atoms with Crippen LogP contribution in [-0.2, 0) is 18.3 Å². The second-order valence-corrected chi connectivity index (χ2v) is 7.09. The number of aromatic nitrogens is 1. The first-order chi connectivity index (χ1) is 12.1. The molecule has 5 nitrogen and oxygen atoms in total. The van der Waals surface area contributed by atoms with Crippen LogP contribution in [0.2, 0.25) is 0 Å². The predicted octanol–water partition coefficient (Wildman–Crippen LogP) is 2.99. The molecule has 0 saturated heterocycles. The van der Waals surface area contributed by atoms with Gasteiger partial charge in [0.1, 0.15) is 13.2 Å². The van der Waals surface area contributed by atoms with Crippen molar-refractivity contribution in [3.8, 4) is 11.5 Å². The van der Waals surface area contributed by atoms with Gasteiger partial charge in [-0.15, -0.1) is 0 Å². The summed E-state index contributed by atoms with van der Waals surface area (Å²) in [5, 5.41) is 0. The van der Waals surface area contributed by atoms with Gasteiger partial charge in [-0.05, 0) is 12.5 Å². The third kappa shape index (κ3) is 3.17. The zero-order valence-corrected chi connectivity index (χ0v) is 14.9. The van der Waals surface area contributed by atoms with Crippen LogP contribution in [-0.4, -0.2) is 23.7 Å². The number of hydrogen-bond donors (Lipinski definition) is 0. The van der Waals surface area contributed by atoms with Crippen LogP contribution in [0.5, 0.6) is 11.5 Å². The van der Waals surface area contributed by atoms with Crippen molar-refractivity contribution >= 4 is 27.5 Å². The molecule has 0 spiro atoms. The highest BCUT2D eigenvalue weighted by Crippen LogP contribution is 2.35. The van der Waals surface area contributed by atoms with Crippen LogP contribution in [0.1, 0.15) is 11.1 Å². The molecule has 4 rings (SSSR count). The van der Waals surface area contributed by atoms with Crippen molar-refractivity contribution in [2.75, 3.05) is 13.2 Å². The van der Waals surface area contributed by atoms with E-state index < -0.39 is 0 Å². The van der Waals surface area contributed by atoms with Gasteiger partial charge in [0.15, 0.2) is 16.3 Å². The Balaban J connectivity index is 1.69. The maximum Gasteiger partial charge on any atom is 0.252 e. The van der Waals surface area contributed by atoms with Gasteiger partial charge in [0.05, 0.1) is 16.6 Å². The van der Waals surface area contributed by atoms with Crippen molar-refractivity contribution < 1.29 is 14.3 Å². The molecule has 2 heterocycles. The van der Waals surface area contributed by atoms with Crippen LogP contribution in [0.4, 0.5) is 0 Å². The molecular formula is C19H18N2O3S. The Kier molecular flexibility index (Phi) is 4.05. The van der Waals surface area contributed by atoms with Crippen LogP contribution in [0.15, 0.2) is 41.4 Å². The highest BCUT2D eigenvalue weighted by atomic mass is 32.1. The second-order valence-electron chi connectivity index (χ2n) is 6.08. The standard InChI is InChI=1S/C19H18N2O3S/c1-12-4-3-5-13(8-12)9-18(22)20-19-21(2)14-10-15-16(11-17(14)25-19)24-7-6-23-15/h3-5,8,10-11H,6-7,9H2,1-2H3. The minimum atomic E-state index is -0.148. The van der Waals surface area contributed by atoms with Crippen molar-refractivity contribution in [2.45, 2.75) is 13.3 Å². The van der Waals surface area contributed by atoms with Crippen molar-refractivity contribution in [3.05, 3.63) is 52.3 Å². The minimum Gasteiger partial charge on any atom is -0.486 e. The number of rotatable bonds is 2. The van der Waals surface area contributed by atoms with Crippen molar-refractivity contribution in [2.24, 2.45) is 12.0 Å². The number of thiazole rings is 1. The first-order valence-corrected chi connectivity index (χ1v) is 8.94. The average molecular weight is 354 g/mol. The Morgan fingerprint density at radius 3 is 2.72 bits per heavy atom. The molecular weight excluding hydrogens is 336 g/mol. The molecule has 25 heavy (non-hydrogen) atoms. The van der Waals surface area contributed by atoms with E-state index in [2.05, 4.69) is 4.99 Å². The number of nitrogens with zero attached hydrogens (tertiary/aromatic N) is 2. The fraction of sp³-hybridized carbons (Fsp3) is 0.263. The molecule has 2 aromatic carbocycles. The summed E-state index contributed by atoms with van der Waals surface area (Å²) < 4.78 is 14.2. The van der Waals surface area contributed by atoms with E-state index in [0.717, 1.165) is 32.8 Å². The van der Waals surface area contributed by atoms with Gasteiger partial charge in [0.2, 0.25) is 0 Å². The Morgan fingerprint density at radius 1 is 1.20 bits per heavy atom. The van der Waals surface area contributed by atoms with Gasteiger partial charge in [-0.25, -0.2) is 0 Å². The molecule has 0 unspecified atom stereocenters. The molecule has 0 radical (unpaired) electrons. The zero-order valence-electron chi connectivity index (χ0n) is 14.1. The summed E-state index contributed by atoms with van der Waals surface area (Å²) in [6.45, 7) is 3.13. The molecule has 1 aliphatic heterocycles. The number of ether oxygens (including phenoxy) is 2. The Hall–Kier alpha value is -2.60. The molecule has 1 aromatic heterocycles. The number of benzene rings is 2. The molecule has 0 fully saturated rings. The van der Waals surface area contributed by atoms with E-state index in [1.54, 1.807) is 0 Å². The Labute approximate surface area is 149 Å². The number of hydrogen-bond acceptors (Lipinski definition) is 4. The molecule has 1 aliphatic rings. The van der Waals surface area contributed by atoms with E-state index in [4.69, 9.17) is 9.47 Å². The van der Waals surface area contributed by atoms with Crippen LogP contribution < -0.4 is 14.3 Å². The van der Waals surface area contributed by atoms with Crippen LogP contribution in [0, 0.1) is 6.92 Å². The van der Waals surface area contributed by atoms with Gasteiger partial charge in [-0.2, -0.15) is 4.99 Å². The van der Waals surface area contributed by atoms with Crippen LogP contribution in [0.3, 0.4) is 0 Å². The third-order valence-electron chi connectivity index (χ3n) is 4.13. The number of fused-ring (bicyclic) bond motifs is 2. The normalized spacial score (nSPS) is 14.1. The van der Waals surface area contributed by atoms with Gasteiger partial charge in [0.25, 0.3) is 5.91 Å². The molecule has 3 aromatic rings. The molecule has 0 atom stereocenters. The molecule has 0 N–H and O–H groups in total. The number of carbonyl (C=O) groups excluding carboxylic acids is 1. The van der Waals surface area contributed by atoms with E-state index in [1.807, 2.05) is 54.9 Å². The lowest BCUT2D eigenvalue weighted by Gasteiger charge is -2.18. The van der Waals surface area contributed by atoms with E-state index >= 15 is 0 Å². The lowest BCUT2D eigenvalue weighted by molar-refractivity contribution is -0.117. The highest BCUT2D eigenvalue weighted by molar-refractivity contribution is 7.16. The fourth-order valence-corrected chi connectivity index (χ4v) is 3.96. The summed E-state index contributed by atoms with van der Waals surface area (Å²) in [6.07, 6.45) is 0.304. The quantitative estimate of drug-likeness (QED) is 0.711. The van der Waals surface area contributed by atoms with Crippen LogP contribution >= 0.6 is 11.3 Å². The maximum atomic E-state index is 12.4. The first-order valence-electron chi connectivity index (χ1n) is 8.12. The predicted molar refractivity (Wildman–Crippen MR) is 97.2 cm³/mol. The van der Waals surface area contributed by atoms with E-state index in [-0.39, 0.29) is 5.91 Å². The van der Waals surface area contributed by atoms with Crippen molar-refractivity contribution in [1.29, 1.82) is 0 Å². The van der Waals surface area contributed by atoms with Gasteiger partial charge in [-0.1, -0.05) is 41.2 Å². The van der Waals surface area contributed by atoms with Crippen molar-refractivity contribution in [3.63, 3.8) is 0 Å². The lowest BCUT2D eigenvalue weighted by atomic mass is 10.1. The van der Waals surface area contributed by atoms with Gasteiger partial charge in [-0.3, -0.25) is 4.79 Å². The Bertz CT molecular complexity index is 1030. The smallest absolute Gasteiger partial charge is 0.252 e. The van der Waals surface area contributed by atoms with E-state index in [1.165, 1.54) is 11.3 Å². The largest absolute Gasteiger partial charge is 0.486 e. The fourth-order valence-electron chi connectivity index (χ4n) is 2.91. The molecule has 128 valence electrons. The topological polar surface area (TPSA) is 52.8 Å². The monoisotopic (exact) mass is 354 g/mol.